The van der Waals surface area contributed by atoms with Gasteiger partial charge >= 0.3 is 12.7 Å². The number of hydrogen-bond donors (Lipinski definition) is 1. The number of rotatable bonds is 11. The Labute approximate surface area is 184 Å². The Hall–Kier alpha value is -2.19. The van der Waals surface area contributed by atoms with Gasteiger partial charge in [0.2, 0.25) is 17.7 Å². The molecule has 2 fully saturated rings. The molecule has 0 aromatic carbocycles. The maximum atomic E-state index is 12.1. The molecule has 186 valence electrons. The second kappa shape index (κ2) is 10.4. The zero-order valence-electron chi connectivity index (χ0n) is 17.4. The Morgan fingerprint density at radius 1 is 1.06 bits per heavy atom. The second-order valence-corrected chi connectivity index (χ2v) is 8.03. The number of amides is 1. The Balaban J connectivity index is 1.27. The molecule has 0 spiro atoms. The molecule has 2 saturated carbocycles. The van der Waals surface area contributed by atoms with Crippen molar-refractivity contribution in [2.24, 2.45) is 5.92 Å². The molecule has 1 N–H and O–H groups in total. The molecule has 1 aromatic rings. The molecule has 1 heterocycles. The van der Waals surface area contributed by atoms with E-state index in [0.717, 1.165) is 0 Å². The average molecular weight is 487 g/mol. The second-order valence-electron chi connectivity index (χ2n) is 8.03. The summed E-state index contributed by atoms with van der Waals surface area (Å²) in [5.41, 5.74) is 0.470. The highest BCUT2D eigenvalue weighted by atomic mass is 19.4. The minimum atomic E-state index is -4.68. The van der Waals surface area contributed by atoms with Crippen LogP contribution in [-0.2, 0) is 19.0 Å². The Kier molecular flexibility index (Phi) is 8.00. The number of carbonyl (C=O) groups excluding carboxylic acids is 1. The fraction of sp³-hybridized carbons (Fsp3) is 0.737. The molecule has 0 saturated heterocycles. The van der Waals surface area contributed by atoms with Crippen LogP contribution in [0.4, 0.5) is 26.3 Å². The van der Waals surface area contributed by atoms with Crippen LogP contribution in [-0.4, -0.2) is 60.8 Å². The summed E-state index contributed by atoms with van der Waals surface area (Å²) < 4.78 is 90.7. The highest BCUT2D eigenvalue weighted by Crippen LogP contribution is 2.42. The summed E-state index contributed by atoms with van der Waals surface area (Å²) in [6.45, 7) is 3.32. The van der Waals surface area contributed by atoms with Crippen molar-refractivity contribution in [3.05, 3.63) is 18.4 Å². The van der Waals surface area contributed by atoms with Gasteiger partial charge in [0.05, 0.1) is 18.8 Å². The van der Waals surface area contributed by atoms with E-state index in [2.05, 4.69) is 31.6 Å². The predicted octanol–water partition coefficient (Wildman–Crippen LogP) is 3.70. The van der Waals surface area contributed by atoms with Crippen LogP contribution in [0, 0.1) is 5.92 Å². The average Bonchev–Trinajstić information content (AvgIpc) is 3.10. The molecule has 2 aliphatic rings. The molecule has 0 unspecified atom stereocenters. The minimum Gasteiger partial charge on any atom is -0.421 e. The molecule has 3 rings (SSSR count). The van der Waals surface area contributed by atoms with E-state index in [4.69, 9.17) is 9.15 Å². The van der Waals surface area contributed by atoms with Crippen molar-refractivity contribution in [2.75, 3.05) is 19.8 Å². The van der Waals surface area contributed by atoms with Gasteiger partial charge in [-0.05, 0) is 25.2 Å². The van der Waals surface area contributed by atoms with Crippen molar-refractivity contribution in [1.82, 2.24) is 15.5 Å². The Morgan fingerprint density at radius 2 is 1.76 bits per heavy atom. The molecule has 1 aromatic heterocycles. The number of nitrogens with zero attached hydrogens (tertiary/aromatic N) is 2. The van der Waals surface area contributed by atoms with Crippen LogP contribution in [0.3, 0.4) is 0 Å². The van der Waals surface area contributed by atoms with Gasteiger partial charge in [-0.25, -0.2) is 0 Å². The number of hydrogen-bond acceptors (Lipinski definition) is 7. The number of halogens is 6. The quantitative estimate of drug-likeness (QED) is 0.476. The summed E-state index contributed by atoms with van der Waals surface area (Å²) in [5.74, 6) is -0.299. The first-order valence-corrected chi connectivity index (χ1v) is 10.2. The Morgan fingerprint density at radius 3 is 2.39 bits per heavy atom. The first-order valence-electron chi connectivity index (χ1n) is 10.2. The van der Waals surface area contributed by atoms with Crippen molar-refractivity contribution in [3.8, 4) is 0 Å². The van der Waals surface area contributed by atoms with Gasteiger partial charge in [0.1, 0.15) is 6.61 Å². The van der Waals surface area contributed by atoms with Crippen LogP contribution in [0.5, 0.6) is 0 Å². The number of aromatic nitrogens is 2. The molecule has 33 heavy (non-hydrogen) atoms. The van der Waals surface area contributed by atoms with Crippen LogP contribution in [0.2, 0.25) is 0 Å². The van der Waals surface area contributed by atoms with Crippen LogP contribution >= 0.6 is 0 Å². The van der Waals surface area contributed by atoms with Crippen molar-refractivity contribution in [3.63, 3.8) is 0 Å². The van der Waals surface area contributed by atoms with Crippen molar-refractivity contribution in [1.29, 1.82) is 0 Å². The van der Waals surface area contributed by atoms with E-state index in [9.17, 15) is 31.1 Å². The maximum Gasteiger partial charge on any atom is 0.522 e. The number of nitrogens with one attached hydrogen (secondary N) is 1. The van der Waals surface area contributed by atoms with Crippen molar-refractivity contribution < 1.29 is 49.8 Å². The molecule has 0 aliphatic heterocycles. The SMILES string of the molecule is C=C(CCNC(=O)CO[C@H]1C[C@@H](OC(F)(F)F)C1)c1nnc(C2CC(COC(F)(F)F)C2)o1. The third-order valence-electron chi connectivity index (χ3n) is 5.36. The van der Waals surface area contributed by atoms with Gasteiger partial charge in [-0.2, -0.15) is 0 Å². The Bertz CT molecular complexity index is 816. The topological polar surface area (TPSA) is 95.7 Å². The molecule has 1 amide bonds. The van der Waals surface area contributed by atoms with Gasteiger partial charge in [0.25, 0.3) is 0 Å². The van der Waals surface area contributed by atoms with Crippen LogP contribution < -0.4 is 5.32 Å². The van der Waals surface area contributed by atoms with E-state index in [0.29, 0.717) is 30.7 Å². The lowest BCUT2D eigenvalue weighted by Gasteiger charge is -2.34. The lowest BCUT2D eigenvalue weighted by atomic mass is 9.75. The maximum absolute atomic E-state index is 12.1. The molecule has 0 bridgehead atoms. The monoisotopic (exact) mass is 487 g/mol. The zero-order valence-corrected chi connectivity index (χ0v) is 17.4. The lowest BCUT2D eigenvalue weighted by Crippen LogP contribution is -2.42. The van der Waals surface area contributed by atoms with Gasteiger partial charge in [0, 0.05) is 30.9 Å². The van der Waals surface area contributed by atoms with E-state index in [1.54, 1.807) is 0 Å². The van der Waals surface area contributed by atoms with Gasteiger partial charge in [0.15, 0.2) is 0 Å². The predicted molar refractivity (Wildman–Crippen MR) is 98.3 cm³/mol. The third-order valence-corrected chi connectivity index (χ3v) is 5.36. The molecular weight excluding hydrogens is 464 g/mol. The highest BCUT2D eigenvalue weighted by molar-refractivity contribution is 5.77. The largest absolute Gasteiger partial charge is 0.522 e. The zero-order chi connectivity index (χ0) is 24.2. The van der Waals surface area contributed by atoms with Crippen LogP contribution in [0.1, 0.15) is 49.8 Å². The van der Waals surface area contributed by atoms with Crippen molar-refractivity contribution >= 4 is 11.5 Å². The molecular formula is C19H23F6N3O5. The molecule has 8 nitrogen and oxygen atoms in total. The van der Waals surface area contributed by atoms with Crippen LogP contribution in [0.15, 0.2) is 11.0 Å². The van der Waals surface area contributed by atoms with E-state index in [1.807, 2.05) is 0 Å². The fourth-order valence-electron chi connectivity index (χ4n) is 3.47. The highest BCUT2D eigenvalue weighted by Gasteiger charge is 2.41. The molecule has 0 radical (unpaired) electrons. The summed E-state index contributed by atoms with van der Waals surface area (Å²) in [4.78, 5) is 11.8. The standard InChI is InChI=1S/C19H23F6N3O5/c1-10(2-3-26-15(29)9-30-13-6-14(7-13)33-19(23,24)25)16-27-28-17(32-16)12-4-11(5-12)8-31-18(20,21)22/h11-14H,1-9H2,(H,26,29)/t11?,12?,13-,14+. The normalized spacial score (nSPS) is 25.3. The molecule has 14 heteroatoms. The van der Waals surface area contributed by atoms with E-state index < -0.39 is 37.4 Å². The van der Waals surface area contributed by atoms with E-state index in [-0.39, 0.29) is 43.7 Å². The van der Waals surface area contributed by atoms with E-state index >= 15 is 0 Å². The number of alkyl halides is 6. The first kappa shape index (κ1) is 25.4. The van der Waals surface area contributed by atoms with Crippen LogP contribution in [0.25, 0.3) is 5.57 Å². The van der Waals surface area contributed by atoms with Gasteiger partial charge in [-0.15, -0.1) is 36.5 Å². The summed E-state index contributed by atoms with van der Waals surface area (Å²) in [7, 11) is 0. The lowest BCUT2D eigenvalue weighted by molar-refractivity contribution is -0.357. The number of carbonyl (C=O) groups is 1. The van der Waals surface area contributed by atoms with Gasteiger partial charge in [-0.1, -0.05) is 6.58 Å². The van der Waals surface area contributed by atoms with Gasteiger partial charge in [-0.3, -0.25) is 14.3 Å². The minimum absolute atomic E-state index is 0.0696. The summed E-state index contributed by atoms with van der Waals surface area (Å²) in [6, 6.07) is 0. The summed E-state index contributed by atoms with van der Waals surface area (Å²) >= 11 is 0. The number of ether oxygens (including phenoxy) is 3. The summed E-state index contributed by atoms with van der Waals surface area (Å²) in [5, 5.41) is 10.4. The van der Waals surface area contributed by atoms with Crippen molar-refractivity contribution in [2.45, 2.75) is 63.0 Å². The summed E-state index contributed by atoms with van der Waals surface area (Å²) in [6.07, 6.45) is -9.39. The molecule has 2 aliphatic carbocycles. The molecule has 0 atom stereocenters. The third kappa shape index (κ3) is 8.27. The first-order chi connectivity index (χ1) is 15.4. The smallest absolute Gasteiger partial charge is 0.421 e. The van der Waals surface area contributed by atoms with E-state index in [1.165, 1.54) is 0 Å². The van der Waals surface area contributed by atoms with Gasteiger partial charge < -0.3 is 14.5 Å². The fourth-order valence-corrected chi connectivity index (χ4v) is 3.47.